The van der Waals surface area contributed by atoms with Crippen LogP contribution in [0.25, 0.3) is 5.69 Å². The van der Waals surface area contributed by atoms with Gasteiger partial charge in [-0.2, -0.15) is 0 Å². The van der Waals surface area contributed by atoms with Crippen LogP contribution in [0.4, 0.5) is 4.39 Å². The Morgan fingerprint density at radius 1 is 1.29 bits per heavy atom. The average Bonchev–Trinajstić information content (AvgIpc) is 2.66. The molecule has 0 fully saturated rings. The number of rotatable bonds is 1. The summed E-state index contributed by atoms with van der Waals surface area (Å²) in [4.78, 5) is 12.3. The van der Waals surface area contributed by atoms with Gasteiger partial charge in [-0.3, -0.25) is 4.79 Å². The van der Waals surface area contributed by atoms with E-state index in [0.29, 0.717) is 22.7 Å². The highest BCUT2D eigenvalue weighted by Crippen LogP contribution is 2.39. The van der Waals surface area contributed by atoms with Crippen molar-refractivity contribution in [2.24, 2.45) is 5.41 Å². The van der Waals surface area contributed by atoms with Gasteiger partial charge in [-0.25, -0.2) is 4.39 Å². The molecule has 2 aromatic rings. The second-order valence-corrected chi connectivity index (χ2v) is 6.90. The Labute approximate surface area is 128 Å². The predicted molar refractivity (Wildman–Crippen MR) is 81.9 cm³/mol. The molecule has 0 spiro atoms. The maximum atomic E-state index is 14.3. The summed E-state index contributed by atoms with van der Waals surface area (Å²) in [6, 6.07) is 6.49. The van der Waals surface area contributed by atoms with E-state index in [1.807, 2.05) is 13.0 Å². The maximum absolute atomic E-state index is 14.3. The third-order valence-corrected chi connectivity index (χ3v) is 4.34. The predicted octanol–water partition coefficient (Wildman–Crippen LogP) is 4.73. The van der Waals surface area contributed by atoms with Gasteiger partial charge in [0.25, 0.3) is 0 Å². The summed E-state index contributed by atoms with van der Waals surface area (Å²) < 4.78 is 16.1. The van der Waals surface area contributed by atoms with Crippen molar-refractivity contribution in [2.45, 2.75) is 33.6 Å². The lowest BCUT2D eigenvalue weighted by Crippen LogP contribution is -2.28. The van der Waals surface area contributed by atoms with E-state index in [0.717, 1.165) is 17.8 Å². The molecule has 0 aliphatic heterocycles. The van der Waals surface area contributed by atoms with Crippen LogP contribution in [0.2, 0.25) is 5.02 Å². The van der Waals surface area contributed by atoms with Gasteiger partial charge in [-0.15, -0.1) is 0 Å². The van der Waals surface area contributed by atoms with E-state index in [9.17, 15) is 9.18 Å². The fraction of sp³-hybridized carbons (Fsp3) is 0.353. The van der Waals surface area contributed by atoms with Crippen molar-refractivity contribution in [1.29, 1.82) is 0 Å². The van der Waals surface area contributed by atoms with Gasteiger partial charge in [0, 0.05) is 23.4 Å². The number of Topliss-reactive ketones (excluding diaryl/α,β-unsaturated/α-hetero) is 1. The van der Waals surface area contributed by atoms with Crippen LogP contribution in [0.1, 0.15) is 42.0 Å². The Morgan fingerprint density at radius 3 is 2.67 bits per heavy atom. The first-order valence-electron chi connectivity index (χ1n) is 6.99. The number of halogens is 2. The summed E-state index contributed by atoms with van der Waals surface area (Å²) in [5.41, 5.74) is 2.61. The summed E-state index contributed by atoms with van der Waals surface area (Å²) in [5, 5.41) is 0.354. The largest absolute Gasteiger partial charge is 0.314 e. The van der Waals surface area contributed by atoms with Crippen molar-refractivity contribution in [1.82, 2.24) is 4.57 Å². The maximum Gasteiger partial charge on any atom is 0.165 e. The Balaban J connectivity index is 2.29. The van der Waals surface area contributed by atoms with Gasteiger partial charge in [-0.05, 0) is 37.0 Å². The van der Waals surface area contributed by atoms with Crippen molar-refractivity contribution in [3.8, 4) is 5.69 Å². The molecule has 1 aromatic heterocycles. The Morgan fingerprint density at radius 2 is 2.00 bits per heavy atom. The number of hydrogen-bond acceptors (Lipinski definition) is 1. The van der Waals surface area contributed by atoms with Crippen LogP contribution >= 0.6 is 11.6 Å². The van der Waals surface area contributed by atoms with E-state index in [4.69, 9.17) is 11.6 Å². The number of carbonyl (C=O) groups excluding carboxylic acids is 1. The number of fused-ring (bicyclic) bond motifs is 1. The molecule has 1 aliphatic carbocycles. The number of nitrogens with zero attached hydrogens (tertiary/aromatic N) is 1. The SMILES string of the molecule is Cc1cc2c(n1-c1c(F)cccc1Cl)CC(C)(C)CC2=O. The normalized spacial score (nSPS) is 16.9. The number of para-hydroxylation sites is 1. The number of aromatic nitrogens is 1. The van der Waals surface area contributed by atoms with Gasteiger partial charge in [0.15, 0.2) is 5.78 Å². The highest BCUT2D eigenvalue weighted by Gasteiger charge is 2.34. The molecule has 21 heavy (non-hydrogen) atoms. The molecular formula is C17H17ClFNO. The van der Waals surface area contributed by atoms with Gasteiger partial charge in [0.2, 0.25) is 0 Å². The van der Waals surface area contributed by atoms with Crippen LogP contribution in [0.15, 0.2) is 24.3 Å². The molecule has 1 aromatic carbocycles. The van der Waals surface area contributed by atoms with Crippen LogP contribution in [-0.2, 0) is 6.42 Å². The molecule has 1 aliphatic rings. The van der Waals surface area contributed by atoms with E-state index in [-0.39, 0.29) is 17.0 Å². The smallest absolute Gasteiger partial charge is 0.165 e. The van der Waals surface area contributed by atoms with Crippen molar-refractivity contribution >= 4 is 17.4 Å². The van der Waals surface area contributed by atoms with Gasteiger partial charge < -0.3 is 4.57 Å². The summed E-state index contributed by atoms with van der Waals surface area (Å²) in [5.74, 6) is -0.254. The fourth-order valence-electron chi connectivity index (χ4n) is 3.17. The van der Waals surface area contributed by atoms with Crippen molar-refractivity contribution in [2.75, 3.05) is 0 Å². The molecule has 0 radical (unpaired) electrons. The van der Waals surface area contributed by atoms with Crippen LogP contribution in [0.5, 0.6) is 0 Å². The number of carbonyl (C=O) groups is 1. The van der Waals surface area contributed by atoms with Gasteiger partial charge in [0.1, 0.15) is 11.5 Å². The van der Waals surface area contributed by atoms with Gasteiger partial charge in [-0.1, -0.05) is 31.5 Å². The standard InChI is InChI=1S/C17H17ClFNO/c1-10-7-11-14(8-17(2,3)9-15(11)21)20(10)16-12(18)5-4-6-13(16)19/h4-7H,8-9H2,1-3H3. The molecule has 1 heterocycles. The number of aryl methyl sites for hydroxylation is 1. The molecule has 0 N–H and O–H groups in total. The Kier molecular flexibility index (Phi) is 3.21. The second kappa shape index (κ2) is 4.70. The minimum absolute atomic E-state index is 0.121. The lowest BCUT2D eigenvalue weighted by molar-refractivity contribution is 0.0911. The highest BCUT2D eigenvalue weighted by atomic mass is 35.5. The van der Waals surface area contributed by atoms with Crippen LogP contribution in [0, 0.1) is 18.2 Å². The van der Waals surface area contributed by atoms with E-state index in [1.54, 1.807) is 16.7 Å². The fourth-order valence-corrected chi connectivity index (χ4v) is 3.41. The molecule has 0 bridgehead atoms. The molecule has 0 atom stereocenters. The van der Waals surface area contributed by atoms with Crippen molar-refractivity contribution < 1.29 is 9.18 Å². The average molecular weight is 306 g/mol. The quantitative estimate of drug-likeness (QED) is 0.746. The van der Waals surface area contributed by atoms with Crippen molar-refractivity contribution in [3.05, 3.63) is 52.1 Å². The van der Waals surface area contributed by atoms with Gasteiger partial charge in [0.05, 0.1) is 5.02 Å². The third-order valence-electron chi connectivity index (χ3n) is 4.03. The Bertz CT molecular complexity index is 725. The minimum Gasteiger partial charge on any atom is -0.314 e. The Hall–Kier alpha value is -1.61. The van der Waals surface area contributed by atoms with Crippen LogP contribution in [0.3, 0.4) is 0 Å². The van der Waals surface area contributed by atoms with Gasteiger partial charge >= 0.3 is 0 Å². The summed E-state index contributed by atoms with van der Waals surface area (Å²) >= 11 is 6.20. The third kappa shape index (κ3) is 2.30. The number of ketones is 1. The lowest BCUT2D eigenvalue weighted by Gasteiger charge is -2.30. The molecule has 4 heteroatoms. The molecule has 2 nitrogen and oxygen atoms in total. The molecule has 0 saturated carbocycles. The minimum atomic E-state index is -0.375. The first-order valence-corrected chi connectivity index (χ1v) is 7.37. The summed E-state index contributed by atoms with van der Waals surface area (Å²) in [6.45, 7) is 5.99. The highest BCUT2D eigenvalue weighted by molar-refractivity contribution is 6.32. The zero-order chi connectivity index (χ0) is 15.4. The van der Waals surface area contributed by atoms with E-state index >= 15 is 0 Å². The van der Waals surface area contributed by atoms with E-state index in [1.165, 1.54) is 6.07 Å². The monoisotopic (exact) mass is 305 g/mol. The number of hydrogen-bond donors (Lipinski definition) is 0. The number of benzene rings is 1. The molecule has 0 saturated heterocycles. The summed E-state index contributed by atoms with van der Waals surface area (Å²) in [6.07, 6.45) is 1.25. The molecule has 110 valence electrons. The summed E-state index contributed by atoms with van der Waals surface area (Å²) in [7, 11) is 0. The van der Waals surface area contributed by atoms with Crippen LogP contribution in [-0.4, -0.2) is 10.4 Å². The zero-order valence-corrected chi connectivity index (χ0v) is 13.1. The molecular weight excluding hydrogens is 289 g/mol. The molecule has 0 amide bonds. The molecule has 3 rings (SSSR count). The lowest BCUT2D eigenvalue weighted by atomic mass is 9.76. The van der Waals surface area contributed by atoms with E-state index < -0.39 is 0 Å². The topological polar surface area (TPSA) is 22.0 Å². The zero-order valence-electron chi connectivity index (χ0n) is 12.3. The first-order chi connectivity index (χ1) is 9.80. The van der Waals surface area contributed by atoms with Crippen LogP contribution < -0.4 is 0 Å². The molecule has 0 unspecified atom stereocenters. The second-order valence-electron chi connectivity index (χ2n) is 6.49. The first kappa shape index (κ1) is 14.3. The van der Waals surface area contributed by atoms with Crippen molar-refractivity contribution in [3.63, 3.8) is 0 Å². The van der Waals surface area contributed by atoms with E-state index in [2.05, 4.69) is 13.8 Å².